The van der Waals surface area contributed by atoms with Gasteiger partial charge in [0, 0.05) is 30.1 Å². The normalized spacial score (nSPS) is 16.6. The number of anilines is 2. The van der Waals surface area contributed by atoms with Gasteiger partial charge in [0.25, 0.3) is 5.78 Å². The average molecular weight is 476 g/mol. The molecule has 6 rings (SSSR count). The van der Waals surface area contributed by atoms with Gasteiger partial charge in [-0.1, -0.05) is 29.8 Å². The molecule has 0 saturated carbocycles. The van der Waals surface area contributed by atoms with Gasteiger partial charge in [-0.15, -0.1) is 5.10 Å². The number of halogens is 1. The molecule has 0 amide bonds. The van der Waals surface area contributed by atoms with Crippen molar-refractivity contribution in [3.05, 3.63) is 59.4 Å². The Morgan fingerprint density at radius 3 is 2.91 bits per heavy atom. The maximum atomic E-state index is 6.51. The lowest BCUT2D eigenvalue weighted by Crippen LogP contribution is -2.35. The predicted molar refractivity (Wildman–Crippen MR) is 129 cm³/mol. The maximum absolute atomic E-state index is 6.51. The highest BCUT2D eigenvalue weighted by molar-refractivity contribution is 6.30. The van der Waals surface area contributed by atoms with Crippen LogP contribution in [-0.4, -0.2) is 53.6 Å². The molecule has 0 spiro atoms. The summed E-state index contributed by atoms with van der Waals surface area (Å²) in [5, 5.41) is 9.30. The van der Waals surface area contributed by atoms with Crippen LogP contribution < -0.4 is 11.1 Å². The largest absolute Gasteiger partial charge is 0.461 e. The second-order valence-electron chi connectivity index (χ2n) is 8.31. The summed E-state index contributed by atoms with van der Waals surface area (Å²) in [6.45, 7) is 2.41. The number of benzene rings is 1. The number of nitrogens with two attached hydrogens (primary N) is 1. The minimum atomic E-state index is 0.204. The second kappa shape index (κ2) is 8.54. The first-order valence-corrected chi connectivity index (χ1v) is 11.5. The van der Waals surface area contributed by atoms with E-state index in [-0.39, 0.29) is 5.95 Å². The molecule has 5 aromatic rings. The van der Waals surface area contributed by atoms with Crippen LogP contribution in [0.15, 0.2) is 53.1 Å². The van der Waals surface area contributed by atoms with Crippen LogP contribution in [0.1, 0.15) is 18.4 Å². The lowest BCUT2D eigenvalue weighted by atomic mass is 10.1. The third-order valence-corrected chi connectivity index (χ3v) is 6.42. The van der Waals surface area contributed by atoms with Gasteiger partial charge in [-0.3, -0.25) is 4.90 Å². The molecule has 1 fully saturated rings. The van der Waals surface area contributed by atoms with E-state index in [1.807, 2.05) is 18.2 Å². The molecule has 1 unspecified atom stereocenters. The van der Waals surface area contributed by atoms with E-state index in [0.29, 0.717) is 41.1 Å². The summed E-state index contributed by atoms with van der Waals surface area (Å²) in [5.41, 5.74) is 8.04. The quantitative estimate of drug-likeness (QED) is 0.354. The molecule has 11 heteroatoms. The number of para-hydroxylation sites is 1. The van der Waals surface area contributed by atoms with Crippen LogP contribution in [0.3, 0.4) is 0 Å². The third-order valence-electron chi connectivity index (χ3n) is 6.09. The van der Waals surface area contributed by atoms with Crippen LogP contribution >= 0.6 is 11.6 Å². The van der Waals surface area contributed by atoms with Crippen molar-refractivity contribution >= 4 is 40.2 Å². The molecule has 1 atom stereocenters. The summed E-state index contributed by atoms with van der Waals surface area (Å²) in [6.07, 6.45) is 3.75. The van der Waals surface area contributed by atoms with Crippen LogP contribution in [0, 0.1) is 0 Å². The summed E-state index contributed by atoms with van der Waals surface area (Å²) in [5.74, 6) is 1.93. The molecule has 0 radical (unpaired) electrons. The number of rotatable bonds is 6. The van der Waals surface area contributed by atoms with Gasteiger partial charge in [-0.2, -0.15) is 19.5 Å². The Balaban J connectivity index is 1.18. The Labute approximate surface area is 199 Å². The monoisotopic (exact) mass is 475 g/mol. The fourth-order valence-electron chi connectivity index (χ4n) is 4.40. The first kappa shape index (κ1) is 20.8. The standard InChI is InChI=1S/C23H22ClN9O/c24-19-15(11-14-5-1-2-7-17(14)27-19)13-32-9-3-6-16(32)12-26-22-29-21(25)33-23(30-22)28-20(31-33)18-8-4-10-34-18/h1-2,4-5,7-8,10-11,16H,3,6,9,12-13H2,(H3,25,26,28,29,30,31). The van der Waals surface area contributed by atoms with E-state index in [9.17, 15) is 0 Å². The Kier molecular flexibility index (Phi) is 5.23. The molecule has 0 bridgehead atoms. The smallest absolute Gasteiger partial charge is 0.259 e. The number of fused-ring (bicyclic) bond motifs is 2. The Bertz CT molecular complexity index is 1470. The SMILES string of the molecule is Nc1nc(NCC2CCCN2Cc2cc3ccccc3nc2Cl)nc2nc(-c3ccco3)nn12. The Hall–Kier alpha value is -3.76. The van der Waals surface area contributed by atoms with E-state index in [1.165, 1.54) is 4.52 Å². The van der Waals surface area contributed by atoms with E-state index in [2.05, 4.69) is 47.4 Å². The first-order chi connectivity index (χ1) is 16.6. The number of nitrogens with zero attached hydrogens (tertiary/aromatic N) is 7. The molecule has 1 aliphatic heterocycles. The minimum absolute atomic E-state index is 0.204. The fourth-order valence-corrected chi connectivity index (χ4v) is 4.61. The van der Waals surface area contributed by atoms with Gasteiger partial charge in [0.2, 0.25) is 17.7 Å². The molecular formula is C23H22ClN9O. The van der Waals surface area contributed by atoms with Crippen molar-refractivity contribution < 1.29 is 4.42 Å². The van der Waals surface area contributed by atoms with Crippen LogP contribution in [-0.2, 0) is 6.54 Å². The predicted octanol–water partition coefficient (Wildman–Crippen LogP) is 3.64. The number of hydrogen-bond acceptors (Lipinski definition) is 9. The molecule has 1 aliphatic rings. The van der Waals surface area contributed by atoms with E-state index < -0.39 is 0 Å². The minimum Gasteiger partial charge on any atom is -0.461 e. The zero-order chi connectivity index (χ0) is 23.1. The molecule has 0 aliphatic carbocycles. The second-order valence-corrected chi connectivity index (χ2v) is 8.67. The summed E-state index contributed by atoms with van der Waals surface area (Å²) in [6, 6.07) is 14.0. The van der Waals surface area contributed by atoms with Crippen molar-refractivity contribution in [3.8, 4) is 11.6 Å². The molecule has 34 heavy (non-hydrogen) atoms. The third kappa shape index (κ3) is 3.91. The van der Waals surface area contributed by atoms with E-state index in [4.69, 9.17) is 21.8 Å². The highest BCUT2D eigenvalue weighted by Gasteiger charge is 2.26. The Morgan fingerprint density at radius 1 is 1.12 bits per heavy atom. The van der Waals surface area contributed by atoms with Gasteiger partial charge in [-0.05, 0) is 43.7 Å². The lowest BCUT2D eigenvalue weighted by molar-refractivity contribution is 0.254. The lowest BCUT2D eigenvalue weighted by Gasteiger charge is -2.25. The molecule has 172 valence electrons. The number of hydrogen-bond donors (Lipinski definition) is 2. The fraction of sp³-hybridized carbons (Fsp3) is 0.261. The molecule has 1 aromatic carbocycles. The van der Waals surface area contributed by atoms with Crippen LogP contribution in [0.5, 0.6) is 0 Å². The first-order valence-electron chi connectivity index (χ1n) is 11.1. The van der Waals surface area contributed by atoms with Gasteiger partial charge in [0.15, 0.2) is 5.76 Å². The van der Waals surface area contributed by atoms with E-state index in [1.54, 1.807) is 18.4 Å². The Morgan fingerprint density at radius 2 is 2.03 bits per heavy atom. The van der Waals surface area contributed by atoms with Crippen LogP contribution in [0.2, 0.25) is 5.15 Å². The van der Waals surface area contributed by atoms with Crippen molar-refractivity contribution in [2.24, 2.45) is 0 Å². The van der Waals surface area contributed by atoms with Gasteiger partial charge >= 0.3 is 0 Å². The summed E-state index contributed by atoms with van der Waals surface area (Å²) in [4.78, 5) is 20.2. The summed E-state index contributed by atoms with van der Waals surface area (Å²) < 4.78 is 6.77. The average Bonchev–Trinajstić information content (AvgIpc) is 3.59. The maximum Gasteiger partial charge on any atom is 0.259 e. The molecule has 1 saturated heterocycles. The van der Waals surface area contributed by atoms with Gasteiger partial charge < -0.3 is 15.5 Å². The number of nitrogen functional groups attached to an aromatic ring is 1. The van der Waals surface area contributed by atoms with Crippen LogP contribution in [0.25, 0.3) is 28.3 Å². The van der Waals surface area contributed by atoms with E-state index in [0.717, 1.165) is 42.4 Å². The highest BCUT2D eigenvalue weighted by atomic mass is 35.5. The number of likely N-dealkylation sites (tertiary alicyclic amines) is 1. The number of aromatic nitrogens is 6. The molecular weight excluding hydrogens is 454 g/mol. The zero-order valence-corrected chi connectivity index (χ0v) is 19.0. The van der Waals surface area contributed by atoms with Crippen molar-refractivity contribution in [1.82, 2.24) is 34.4 Å². The summed E-state index contributed by atoms with van der Waals surface area (Å²) >= 11 is 6.51. The van der Waals surface area contributed by atoms with Crippen molar-refractivity contribution in [3.63, 3.8) is 0 Å². The van der Waals surface area contributed by atoms with Gasteiger partial charge in [0.1, 0.15) is 5.15 Å². The molecule has 4 aromatic heterocycles. The van der Waals surface area contributed by atoms with Crippen molar-refractivity contribution in [2.75, 3.05) is 24.1 Å². The van der Waals surface area contributed by atoms with Gasteiger partial charge in [0.05, 0.1) is 11.8 Å². The highest BCUT2D eigenvalue weighted by Crippen LogP contribution is 2.26. The topological polar surface area (TPSA) is 123 Å². The molecule has 3 N–H and O–H groups in total. The van der Waals surface area contributed by atoms with Crippen molar-refractivity contribution in [2.45, 2.75) is 25.4 Å². The summed E-state index contributed by atoms with van der Waals surface area (Å²) in [7, 11) is 0. The number of nitrogens with one attached hydrogen (secondary N) is 1. The molecule has 5 heterocycles. The van der Waals surface area contributed by atoms with Crippen molar-refractivity contribution in [1.29, 1.82) is 0 Å². The van der Waals surface area contributed by atoms with Crippen LogP contribution in [0.4, 0.5) is 11.9 Å². The zero-order valence-electron chi connectivity index (χ0n) is 18.2. The number of pyridine rings is 1. The van der Waals surface area contributed by atoms with E-state index >= 15 is 0 Å². The molecule has 10 nitrogen and oxygen atoms in total. The van der Waals surface area contributed by atoms with Gasteiger partial charge in [-0.25, -0.2) is 4.98 Å². The number of furan rings is 1.